The van der Waals surface area contributed by atoms with Gasteiger partial charge in [-0.15, -0.1) is 27.3 Å². The first-order valence-electron chi connectivity index (χ1n) is 9.11. The lowest BCUT2D eigenvalue weighted by atomic mass is 9.99. The predicted molar refractivity (Wildman–Crippen MR) is 106 cm³/mol. The third kappa shape index (κ3) is 4.34. The van der Waals surface area contributed by atoms with Gasteiger partial charge in [0.15, 0.2) is 11.6 Å². The molecular formula is C19H19Cl2FN4O3. The summed E-state index contributed by atoms with van der Waals surface area (Å²) >= 11 is 12.4. The van der Waals surface area contributed by atoms with Gasteiger partial charge in [-0.05, 0) is 37.5 Å². The van der Waals surface area contributed by atoms with E-state index in [2.05, 4.69) is 15.7 Å². The molecule has 1 unspecified atom stereocenters. The van der Waals surface area contributed by atoms with Crippen molar-refractivity contribution in [2.75, 3.05) is 0 Å². The van der Waals surface area contributed by atoms with Gasteiger partial charge in [0.2, 0.25) is 11.8 Å². The van der Waals surface area contributed by atoms with Crippen LogP contribution in [0, 0.1) is 0 Å². The van der Waals surface area contributed by atoms with E-state index in [1.54, 1.807) is 12.2 Å². The van der Waals surface area contributed by atoms with Crippen LogP contribution >= 0.6 is 23.2 Å². The summed E-state index contributed by atoms with van der Waals surface area (Å²) in [7, 11) is 0. The first kappa shape index (κ1) is 20.0. The lowest BCUT2D eigenvalue weighted by molar-refractivity contribution is 0.147. The Morgan fingerprint density at radius 3 is 2.93 bits per heavy atom. The predicted octanol–water partition coefficient (Wildman–Crippen LogP) is 4.10. The average molecular weight is 441 g/mol. The Kier molecular flexibility index (Phi) is 5.67. The van der Waals surface area contributed by atoms with Crippen molar-refractivity contribution in [3.05, 3.63) is 63.8 Å². The molecule has 0 amide bonds. The van der Waals surface area contributed by atoms with Crippen molar-refractivity contribution in [1.82, 2.24) is 15.7 Å². The molecule has 154 valence electrons. The second kappa shape index (κ2) is 8.22. The summed E-state index contributed by atoms with van der Waals surface area (Å²) in [4.78, 5) is 5.04. The lowest BCUT2D eigenvalue weighted by Crippen LogP contribution is -2.18. The molecule has 3 N–H and O–H groups in total. The van der Waals surface area contributed by atoms with Gasteiger partial charge in [0.25, 0.3) is 0 Å². The van der Waals surface area contributed by atoms with Crippen LogP contribution in [0.5, 0.6) is 0 Å². The summed E-state index contributed by atoms with van der Waals surface area (Å²) in [6.07, 6.45) is 6.27. The summed E-state index contributed by atoms with van der Waals surface area (Å²) in [5.74, 6) is 0.556. The summed E-state index contributed by atoms with van der Waals surface area (Å²) in [6, 6.07) is -0.0771. The maximum atomic E-state index is 15.1. The topological polar surface area (TPSA) is 95.4 Å². The minimum absolute atomic E-state index is 0.0119. The number of nitrogens with one attached hydrogen (secondary N) is 1. The van der Waals surface area contributed by atoms with E-state index in [9.17, 15) is 0 Å². The Balaban J connectivity index is 1.52. The number of ether oxygens (including phenoxy) is 1. The molecule has 2 aliphatic carbocycles. The summed E-state index contributed by atoms with van der Waals surface area (Å²) in [5.41, 5.74) is 10.3. The van der Waals surface area contributed by atoms with E-state index < -0.39 is 5.83 Å². The van der Waals surface area contributed by atoms with Crippen molar-refractivity contribution in [3.8, 4) is 0 Å². The molecule has 3 aliphatic rings. The Hall–Kier alpha value is -2.29. The fraction of sp³-hybridized carbons (Fsp3) is 0.368. The summed E-state index contributed by atoms with van der Waals surface area (Å²) < 4.78 is 26.6. The van der Waals surface area contributed by atoms with Gasteiger partial charge in [-0.25, -0.2) is 4.39 Å². The number of hydroxylamine groups is 1. The van der Waals surface area contributed by atoms with Crippen molar-refractivity contribution in [2.45, 2.75) is 44.0 Å². The van der Waals surface area contributed by atoms with Gasteiger partial charge in [0.05, 0.1) is 28.4 Å². The molecule has 0 bridgehead atoms. The van der Waals surface area contributed by atoms with E-state index in [0.29, 0.717) is 53.1 Å². The van der Waals surface area contributed by atoms with Crippen LogP contribution in [0.15, 0.2) is 56.5 Å². The highest BCUT2D eigenvalue weighted by atomic mass is 35.5. The largest absolute Gasteiger partial charge is 0.457 e. The van der Waals surface area contributed by atoms with Crippen LogP contribution in [-0.4, -0.2) is 21.6 Å². The molecule has 7 nitrogen and oxygen atoms in total. The number of nitrogens with two attached hydrogens (primary N) is 1. The molecule has 0 fully saturated rings. The highest BCUT2D eigenvalue weighted by Gasteiger charge is 2.27. The van der Waals surface area contributed by atoms with E-state index in [1.807, 2.05) is 6.92 Å². The number of nitrogens with zero attached hydrogens (tertiary/aromatic N) is 2. The number of halogens is 3. The van der Waals surface area contributed by atoms with E-state index in [-0.39, 0.29) is 23.6 Å². The third-order valence-corrected chi connectivity index (χ3v) is 5.35. The van der Waals surface area contributed by atoms with Crippen molar-refractivity contribution in [2.24, 2.45) is 5.73 Å². The van der Waals surface area contributed by atoms with Gasteiger partial charge in [-0.2, -0.15) is 0 Å². The standard InChI is InChI=1S/C19H19Cl2FN4O3/c1-9-14(8-27-26-9)19-25-24-16(29-19)4-10-2-3-15(21)18(17(10)22)28-13-6-11(20)5-12(23)7-13/h5,7-9,11,26H,2-4,6,23H2,1H3/t9-,11?/m1/s1. The molecule has 10 heteroatoms. The molecule has 1 aromatic heterocycles. The van der Waals surface area contributed by atoms with Crippen LogP contribution in [-0.2, 0) is 16.0 Å². The highest BCUT2D eigenvalue weighted by Crippen LogP contribution is 2.38. The molecule has 0 saturated carbocycles. The number of hydrogen-bond donors (Lipinski definition) is 2. The number of rotatable bonds is 5. The highest BCUT2D eigenvalue weighted by molar-refractivity contribution is 6.30. The number of hydrogen-bond acceptors (Lipinski definition) is 7. The Morgan fingerprint density at radius 1 is 1.38 bits per heavy atom. The van der Waals surface area contributed by atoms with Crippen molar-refractivity contribution in [1.29, 1.82) is 0 Å². The fourth-order valence-electron chi connectivity index (χ4n) is 3.21. The van der Waals surface area contributed by atoms with Crippen LogP contribution in [0.25, 0.3) is 5.57 Å². The normalized spacial score (nSPS) is 24.9. The molecular weight excluding hydrogens is 422 g/mol. The van der Waals surface area contributed by atoms with E-state index in [1.165, 1.54) is 6.26 Å². The molecule has 0 spiro atoms. The maximum Gasteiger partial charge on any atom is 0.248 e. The average Bonchev–Trinajstić information content (AvgIpc) is 3.29. The van der Waals surface area contributed by atoms with Gasteiger partial charge in [0, 0.05) is 12.1 Å². The van der Waals surface area contributed by atoms with Gasteiger partial charge in [-0.1, -0.05) is 11.6 Å². The molecule has 4 rings (SSSR count). The fourth-order valence-corrected chi connectivity index (χ4v) is 3.72. The van der Waals surface area contributed by atoms with Crippen LogP contribution < -0.4 is 11.2 Å². The summed E-state index contributed by atoms with van der Waals surface area (Å²) in [6.45, 7) is 1.90. The van der Waals surface area contributed by atoms with Crippen molar-refractivity contribution >= 4 is 28.8 Å². The molecule has 0 saturated heterocycles. The Bertz CT molecular complexity index is 980. The molecule has 2 heterocycles. The summed E-state index contributed by atoms with van der Waals surface area (Å²) in [5, 5.41) is 8.04. The maximum absolute atomic E-state index is 15.1. The molecule has 1 aromatic rings. The molecule has 0 radical (unpaired) electrons. The third-order valence-electron chi connectivity index (χ3n) is 4.71. The minimum Gasteiger partial charge on any atom is -0.457 e. The zero-order valence-corrected chi connectivity index (χ0v) is 17.1. The van der Waals surface area contributed by atoms with Gasteiger partial charge < -0.3 is 19.7 Å². The SMILES string of the molecule is C[C@H]1NOC=C1c1nnc(CC2=C(F)C(OC3=CC(N)=CC(Cl)C3)=C(Cl)CC2)o1. The van der Waals surface area contributed by atoms with Crippen molar-refractivity contribution in [3.63, 3.8) is 0 Å². The quantitative estimate of drug-likeness (QED) is 0.665. The lowest BCUT2D eigenvalue weighted by Gasteiger charge is -2.22. The monoisotopic (exact) mass is 440 g/mol. The Morgan fingerprint density at radius 2 is 2.21 bits per heavy atom. The first-order valence-corrected chi connectivity index (χ1v) is 9.92. The number of alkyl halides is 1. The minimum atomic E-state index is -0.528. The van der Waals surface area contributed by atoms with E-state index >= 15 is 4.39 Å². The van der Waals surface area contributed by atoms with Crippen LogP contribution in [0.2, 0.25) is 0 Å². The molecule has 0 aromatic carbocycles. The first-order chi connectivity index (χ1) is 13.9. The van der Waals surface area contributed by atoms with Crippen LogP contribution in [0.1, 0.15) is 38.0 Å². The van der Waals surface area contributed by atoms with Crippen LogP contribution in [0.4, 0.5) is 4.39 Å². The van der Waals surface area contributed by atoms with Crippen molar-refractivity contribution < 1.29 is 18.4 Å². The molecule has 2 atom stereocenters. The molecule has 29 heavy (non-hydrogen) atoms. The zero-order valence-electron chi connectivity index (χ0n) is 15.5. The Labute approximate surface area is 176 Å². The van der Waals surface area contributed by atoms with Gasteiger partial charge in [-0.3, -0.25) is 0 Å². The van der Waals surface area contributed by atoms with Crippen LogP contribution in [0.3, 0.4) is 0 Å². The zero-order chi connectivity index (χ0) is 20.5. The smallest absolute Gasteiger partial charge is 0.248 e. The second-order valence-corrected chi connectivity index (χ2v) is 7.98. The van der Waals surface area contributed by atoms with Gasteiger partial charge >= 0.3 is 0 Å². The second-order valence-electron chi connectivity index (χ2n) is 6.96. The molecule has 1 aliphatic heterocycles. The van der Waals surface area contributed by atoms with E-state index in [4.69, 9.17) is 42.9 Å². The van der Waals surface area contributed by atoms with E-state index in [0.717, 1.165) is 5.57 Å². The number of aromatic nitrogens is 2. The van der Waals surface area contributed by atoms with Gasteiger partial charge in [0.1, 0.15) is 12.0 Å². The number of allylic oxidation sites excluding steroid dienone is 6.